The molecule has 0 atom stereocenters. The zero-order valence-corrected chi connectivity index (χ0v) is 14.7. The average molecular weight is 392 g/mol. The van der Waals surface area contributed by atoms with E-state index in [1.165, 1.54) is 23.9 Å². The van der Waals surface area contributed by atoms with Crippen molar-refractivity contribution in [3.63, 3.8) is 0 Å². The van der Waals surface area contributed by atoms with Gasteiger partial charge in [0.25, 0.3) is 11.5 Å². The van der Waals surface area contributed by atoms with Crippen LogP contribution in [0.4, 0.5) is 13.2 Å². The van der Waals surface area contributed by atoms with Gasteiger partial charge in [-0.15, -0.1) is 0 Å². The molecule has 3 rings (SSSR count). The van der Waals surface area contributed by atoms with E-state index in [0.29, 0.717) is 18.5 Å². The highest BCUT2D eigenvalue weighted by molar-refractivity contribution is 5.94. The van der Waals surface area contributed by atoms with Crippen molar-refractivity contribution in [3.8, 4) is 11.4 Å². The highest BCUT2D eigenvalue weighted by Crippen LogP contribution is 2.29. The van der Waals surface area contributed by atoms with Crippen LogP contribution < -0.4 is 10.9 Å². The van der Waals surface area contributed by atoms with Gasteiger partial charge in [-0.05, 0) is 30.2 Å². The van der Waals surface area contributed by atoms with Crippen LogP contribution in [0, 0.1) is 0 Å². The summed E-state index contributed by atoms with van der Waals surface area (Å²) >= 11 is 0. The number of aromatic nitrogens is 3. The Balaban J connectivity index is 1.74. The van der Waals surface area contributed by atoms with E-state index in [9.17, 15) is 22.8 Å². The van der Waals surface area contributed by atoms with E-state index >= 15 is 0 Å². The summed E-state index contributed by atoms with van der Waals surface area (Å²) in [6, 6.07) is 9.59. The zero-order valence-electron chi connectivity index (χ0n) is 14.7. The smallest absolute Gasteiger partial charge is 0.355 e. The van der Waals surface area contributed by atoms with E-state index in [1.54, 1.807) is 18.2 Å². The topological polar surface area (TPSA) is 90.0 Å². The number of halogens is 3. The van der Waals surface area contributed by atoms with Gasteiger partial charge in [0.15, 0.2) is 0 Å². The Morgan fingerprint density at radius 1 is 1.25 bits per heavy atom. The lowest BCUT2D eigenvalue weighted by Crippen LogP contribution is -2.20. The molecule has 3 aromatic rings. The number of benzene rings is 1. The monoisotopic (exact) mass is 392 g/mol. The van der Waals surface area contributed by atoms with Gasteiger partial charge in [-0.2, -0.15) is 18.2 Å². The number of nitrogens with one attached hydrogen (secondary N) is 1. The van der Waals surface area contributed by atoms with Crippen molar-refractivity contribution in [1.29, 1.82) is 0 Å². The highest BCUT2D eigenvalue weighted by Gasteiger charge is 2.38. The summed E-state index contributed by atoms with van der Waals surface area (Å²) in [5, 5.41) is 5.80. The number of rotatable bonds is 5. The summed E-state index contributed by atoms with van der Waals surface area (Å²) in [5.74, 6) is -1.99. The maximum Gasteiger partial charge on any atom is 0.471 e. The van der Waals surface area contributed by atoms with Crippen LogP contribution in [0.15, 0.2) is 51.9 Å². The quantitative estimate of drug-likeness (QED) is 0.721. The number of hydrogen-bond acceptors (Lipinski definition) is 5. The lowest BCUT2D eigenvalue weighted by Gasteiger charge is -2.07. The number of hydrogen-bond donors (Lipinski definition) is 1. The third-order valence-corrected chi connectivity index (χ3v) is 3.98. The fraction of sp³-hybridized carbons (Fsp3) is 0.222. The molecule has 1 N–H and O–H groups in total. The average Bonchev–Trinajstić information content (AvgIpc) is 3.17. The van der Waals surface area contributed by atoms with Crippen LogP contribution in [0.3, 0.4) is 0 Å². The van der Waals surface area contributed by atoms with Gasteiger partial charge in [0.2, 0.25) is 5.82 Å². The Hall–Kier alpha value is -3.43. The lowest BCUT2D eigenvalue weighted by molar-refractivity contribution is -0.159. The number of carbonyl (C=O) groups excluding carboxylic acids is 1. The second-order valence-corrected chi connectivity index (χ2v) is 5.90. The largest absolute Gasteiger partial charge is 0.471 e. The van der Waals surface area contributed by atoms with Crippen molar-refractivity contribution in [3.05, 3.63) is 70.0 Å². The number of aryl methyl sites for hydroxylation is 2. The maximum absolute atomic E-state index is 12.5. The third-order valence-electron chi connectivity index (χ3n) is 3.98. The first-order valence-corrected chi connectivity index (χ1v) is 8.21. The van der Waals surface area contributed by atoms with E-state index in [1.807, 2.05) is 6.07 Å². The maximum atomic E-state index is 12.5. The SMILES string of the molecule is CNC(=O)c1cccc(CCn2ccc(-c3noc(C(F)(F)F)n3)cc2=O)c1. The third kappa shape index (κ3) is 4.27. The molecule has 10 heteroatoms. The molecule has 7 nitrogen and oxygen atoms in total. The Labute approximate surface area is 156 Å². The lowest BCUT2D eigenvalue weighted by atomic mass is 10.1. The van der Waals surface area contributed by atoms with Gasteiger partial charge in [-0.25, -0.2) is 0 Å². The molecular formula is C18H15F3N4O3. The second kappa shape index (κ2) is 7.67. The first-order chi connectivity index (χ1) is 13.3. The molecule has 0 fully saturated rings. The van der Waals surface area contributed by atoms with Crippen molar-refractivity contribution >= 4 is 5.91 Å². The van der Waals surface area contributed by atoms with Crippen molar-refractivity contribution in [2.24, 2.45) is 0 Å². The van der Waals surface area contributed by atoms with Gasteiger partial charge < -0.3 is 14.4 Å². The number of amides is 1. The molecule has 0 unspecified atom stereocenters. The first-order valence-electron chi connectivity index (χ1n) is 8.21. The van der Waals surface area contributed by atoms with E-state index < -0.39 is 17.6 Å². The first kappa shape index (κ1) is 19.3. The summed E-state index contributed by atoms with van der Waals surface area (Å²) in [6.45, 7) is 0.330. The molecule has 146 valence electrons. The summed E-state index contributed by atoms with van der Waals surface area (Å²) in [6.07, 6.45) is -2.81. The summed E-state index contributed by atoms with van der Waals surface area (Å²) < 4.78 is 43.2. The Morgan fingerprint density at radius 3 is 2.68 bits per heavy atom. The Morgan fingerprint density at radius 2 is 2.04 bits per heavy atom. The van der Waals surface area contributed by atoms with Gasteiger partial charge in [0.1, 0.15) is 0 Å². The van der Waals surface area contributed by atoms with Crippen LogP contribution >= 0.6 is 0 Å². The zero-order chi connectivity index (χ0) is 20.3. The molecule has 0 bridgehead atoms. The van der Waals surface area contributed by atoms with Crippen LogP contribution in [0.5, 0.6) is 0 Å². The Kier molecular flexibility index (Phi) is 5.30. The number of carbonyl (C=O) groups is 1. The van der Waals surface area contributed by atoms with E-state index in [-0.39, 0.29) is 17.3 Å². The summed E-state index contributed by atoms with van der Waals surface area (Å²) in [7, 11) is 1.54. The van der Waals surface area contributed by atoms with Gasteiger partial charge in [-0.3, -0.25) is 9.59 Å². The van der Waals surface area contributed by atoms with Crippen LogP contribution in [-0.4, -0.2) is 27.7 Å². The van der Waals surface area contributed by atoms with Crippen molar-refractivity contribution in [1.82, 2.24) is 20.0 Å². The molecule has 0 spiro atoms. The minimum atomic E-state index is -4.75. The highest BCUT2D eigenvalue weighted by atomic mass is 19.4. The number of nitrogens with zero attached hydrogens (tertiary/aromatic N) is 3. The van der Waals surface area contributed by atoms with E-state index in [2.05, 4.69) is 20.0 Å². The van der Waals surface area contributed by atoms with E-state index in [0.717, 1.165) is 11.6 Å². The molecule has 2 aromatic heterocycles. The van der Waals surface area contributed by atoms with E-state index in [4.69, 9.17) is 0 Å². The van der Waals surface area contributed by atoms with Crippen LogP contribution in [-0.2, 0) is 19.1 Å². The molecule has 0 aliphatic carbocycles. The fourth-order valence-corrected chi connectivity index (χ4v) is 2.55. The van der Waals surface area contributed by atoms with Gasteiger partial charge in [0, 0.05) is 37.0 Å². The van der Waals surface area contributed by atoms with Crippen molar-refractivity contribution < 1.29 is 22.5 Å². The predicted molar refractivity (Wildman–Crippen MR) is 92.5 cm³/mol. The predicted octanol–water partition coefficient (Wildman–Crippen LogP) is 2.52. The second-order valence-electron chi connectivity index (χ2n) is 5.90. The van der Waals surface area contributed by atoms with Gasteiger partial charge >= 0.3 is 12.1 Å². The molecule has 28 heavy (non-hydrogen) atoms. The molecular weight excluding hydrogens is 377 g/mol. The van der Waals surface area contributed by atoms with Gasteiger partial charge in [-0.1, -0.05) is 17.3 Å². The van der Waals surface area contributed by atoms with Crippen LogP contribution in [0.2, 0.25) is 0 Å². The molecule has 1 aromatic carbocycles. The van der Waals surface area contributed by atoms with Gasteiger partial charge in [0.05, 0.1) is 0 Å². The minimum absolute atomic E-state index is 0.127. The molecule has 2 heterocycles. The Bertz CT molecular complexity index is 1060. The molecule has 0 aliphatic heterocycles. The molecule has 0 radical (unpaired) electrons. The molecule has 0 saturated heterocycles. The normalized spacial score (nSPS) is 11.4. The van der Waals surface area contributed by atoms with Crippen molar-refractivity contribution in [2.75, 3.05) is 7.05 Å². The van der Waals surface area contributed by atoms with Crippen molar-refractivity contribution in [2.45, 2.75) is 19.1 Å². The van der Waals surface area contributed by atoms with Crippen LogP contribution in [0.1, 0.15) is 21.8 Å². The summed E-state index contributed by atoms with van der Waals surface area (Å²) in [5.41, 5.74) is 1.09. The summed E-state index contributed by atoms with van der Waals surface area (Å²) in [4.78, 5) is 27.2. The fourth-order valence-electron chi connectivity index (χ4n) is 2.55. The standard InChI is InChI=1S/C18H15F3N4O3/c1-22-16(27)13-4-2-3-11(9-13)5-7-25-8-6-12(10-14(25)26)15-23-17(28-24-15)18(19,20)21/h2-4,6,8-10H,5,7H2,1H3,(H,22,27). The number of alkyl halides is 3. The minimum Gasteiger partial charge on any atom is -0.355 e. The molecule has 1 amide bonds. The molecule has 0 aliphatic rings. The van der Waals surface area contributed by atoms with Crippen LogP contribution in [0.25, 0.3) is 11.4 Å². The number of pyridine rings is 1. The molecule has 0 saturated carbocycles.